The number of nitrogens with two attached hydrogens (primary N) is 1. The highest BCUT2D eigenvalue weighted by Crippen LogP contribution is 2.25. The van der Waals surface area contributed by atoms with Gasteiger partial charge in [-0.25, -0.2) is 0 Å². The van der Waals surface area contributed by atoms with Gasteiger partial charge >= 0.3 is 6.18 Å². The smallest absolute Gasteiger partial charge is 0.382 e. The minimum atomic E-state index is -4.80. The van der Waals surface area contributed by atoms with Gasteiger partial charge in [0, 0.05) is 0 Å². The van der Waals surface area contributed by atoms with Gasteiger partial charge in [-0.3, -0.25) is 4.79 Å². The summed E-state index contributed by atoms with van der Waals surface area (Å²) < 4.78 is 37.9. The minimum absolute atomic E-state index is 0.208. The maximum Gasteiger partial charge on any atom is 0.416 e. The molecule has 0 fully saturated rings. The average Bonchev–Trinajstić information content (AvgIpc) is 2.43. The van der Waals surface area contributed by atoms with E-state index in [1.54, 1.807) is 24.3 Å². The van der Waals surface area contributed by atoms with Crippen LogP contribution in [0.4, 0.5) is 13.2 Å². The van der Waals surface area contributed by atoms with Crippen molar-refractivity contribution in [2.24, 2.45) is 11.7 Å². The molecule has 124 valence electrons. The first kappa shape index (κ1) is 18.4. The predicted octanol–water partition coefficient (Wildman–Crippen LogP) is 1.62. The molecule has 1 aromatic rings. The fraction of sp³-hybridized carbons (Fsp3) is 0.533. The summed E-state index contributed by atoms with van der Waals surface area (Å²) in [4.78, 5) is 12.0. The summed E-state index contributed by atoms with van der Waals surface area (Å²) in [7, 11) is 0. The van der Waals surface area contributed by atoms with E-state index in [0.29, 0.717) is 0 Å². The van der Waals surface area contributed by atoms with Crippen molar-refractivity contribution in [2.75, 3.05) is 0 Å². The zero-order valence-electron chi connectivity index (χ0n) is 12.5. The lowest BCUT2D eigenvalue weighted by Gasteiger charge is -2.29. The van der Waals surface area contributed by atoms with Gasteiger partial charge in [-0.15, -0.1) is 0 Å². The molecule has 1 rings (SSSR count). The van der Waals surface area contributed by atoms with Gasteiger partial charge in [-0.1, -0.05) is 44.2 Å². The molecule has 4 nitrogen and oxygen atoms in total. The Morgan fingerprint density at radius 2 is 1.82 bits per heavy atom. The van der Waals surface area contributed by atoms with Gasteiger partial charge in [0.25, 0.3) is 0 Å². The molecular formula is C15H21F3N2O2. The lowest BCUT2D eigenvalue weighted by atomic mass is 9.97. The van der Waals surface area contributed by atoms with Crippen molar-refractivity contribution in [1.82, 2.24) is 5.32 Å². The van der Waals surface area contributed by atoms with Gasteiger partial charge < -0.3 is 16.2 Å². The summed E-state index contributed by atoms with van der Waals surface area (Å²) in [5, 5.41) is 11.6. The molecule has 0 unspecified atom stereocenters. The number of carbonyl (C=O) groups is 1. The van der Waals surface area contributed by atoms with Crippen LogP contribution in [-0.2, 0) is 11.2 Å². The fourth-order valence-corrected chi connectivity index (χ4v) is 2.05. The van der Waals surface area contributed by atoms with Crippen LogP contribution in [0.15, 0.2) is 30.3 Å². The van der Waals surface area contributed by atoms with Crippen LogP contribution in [0.1, 0.15) is 19.4 Å². The van der Waals surface area contributed by atoms with Crippen LogP contribution in [0.3, 0.4) is 0 Å². The average molecular weight is 318 g/mol. The first-order chi connectivity index (χ1) is 10.1. The molecular weight excluding hydrogens is 297 g/mol. The van der Waals surface area contributed by atoms with Gasteiger partial charge in [-0.05, 0) is 17.9 Å². The third-order valence-corrected chi connectivity index (χ3v) is 3.34. The van der Waals surface area contributed by atoms with Crippen LogP contribution in [0.5, 0.6) is 0 Å². The highest BCUT2D eigenvalue weighted by atomic mass is 19.4. The number of aliphatic hydroxyl groups excluding tert-OH is 1. The quantitative estimate of drug-likeness (QED) is 0.746. The van der Waals surface area contributed by atoms with Crippen molar-refractivity contribution in [3.05, 3.63) is 35.9 Å². The maximum atomic E-state index is 12.6. The van der Waals surface area contributed by atoms with Gasteiger partial charge in [-0.2, -0.15) is 13.2 Å². The van der Waals surface area contributed by atoms with Crippen molar-refractivity contribution < 1.29 is 23.1 Å². The summed E-state index contributed by atoms with van der Waals surface area (Å²) in [5.41, 5.74) is 6.54. The lowest BCUT2D eigenvalue weighted by Crippen LogP contribution is -2.56. The number of amides is 1. The standard InChI is InChI=1S/C15H21F3N2O2/c1-9(2)12(13(21)15(16,17)18)20-14(22)11(19)8-10-6-4-3-5-7-10/h3-7,9,11-13,21H,8,19H2,1-2H3,(H,20,22)/t11-,12-,13-/m0/s1. The van der Waals surface area contributed by atoms with Gasteiger partial charge in [0.1, 0.15) is 0 Å². The largest absolute Gasteiger partial charge is 0.416 e. The molecule has 0 spiro atoms. The molecule has 0 saturated heterocycles. The molecule has 3 atom stereocenters. The van der Waals surface area contributed by atoms with Crippen molar-refractivity contribution in [1.29, 1.82) is 0 Å². The summed E-state index contributed by atoms with van der Waals surface area (Å²) in [6.45, 7) is 2.98. The molecule has 0 aromatic heterocycles. The number of halogens is 3. The van der Waals surface area contributed by atoms with Crippen molar-refractivity contribution in [2.45, 2.75) is 44.6 Å². The van der Waals surface area contributed by atoms with E-state index in [-0.39, 0.29) is 6.42 Å². The first-order valence-electron chi connectivity index (χ1n) is 6.97. The van der Waals surface area contributed by atoms with E-state index in [1.165, 1.54) is 13.8 Å². The van der Waals surface area contributed by atoms with E-state index in [1.807, 2.05) is 6.07 Å². The topological polar surface area (TPSA) is 75.4 Å². The van der Waals surface area contributed by atoms with Gasteiger partial charge in [0.2, 0.25) is 5.91 Å². The van der Waals surface area contributed by atoms with E-state index in [4.69, 9.17) is 5.73 Å². The highest BCUT2D eigenvalue weighted by Gasteiger charge is 2.45. The van der Waals surface area contributed by atoms with Crippen LogP contribution in [0.2, 0.25) is 0 Å². The Hall–Kier alpha value is -1.60. The molecule has 0 aliphatic rings. The Morgan fingerprint density at radius 3 is 2.27 bits per heavy atom. The van der Waals surface area contributed by atoms with Crippen LogP contribution >= 0.6 is 0 Å². The number of hydrogen-bond acceptors (Lipinski definition) is 3. The second-order valence-electron chi connectivity index (χ2n) is 5.56. The number of aliphatic hydroxyl groups is 1. The van der Waals surface area contributed by atoms with Crippen molar-refractivity contribution in [3.8, 4) is 0 Å². The number of hydrogen-bond donors (Lipinski definition) is 3. The molecule has 0 heterocycles. The summed E-state index contributed by atoms with van der Waals surface area (Å²) in [5.74, 6) is -1.31. The van der Waals surface area contributed by atoms with Gasteiger partial charge in [0.05, 0.1) is 12.1 Å². The molecule has 0 aliphatic heterocycles. The Balaban J connectivity index is 2.71. The normalized spacial score (nSPS) is 16.2. The Kier molecular flexibility index (Phi) is 6.37. The van der Waals surface area contributed by atoms with E-state index in [2.05, 4.69) is 5.32 Å². The molecule has 0 radical (unpaired) electrons. The molecule has 22 heavy (non-hydrogen) atoms. The monoisotopic (exact) mass is 318 g/mol. The molecule has 1 amide bonds. The number of nitrogens with one attached hydrogen (secondary N) is 1. The highest BCUT2D eigenvalue weighted by molar-refractivity contribution is 5.82. The molecule has 1 aromatic carbocycles. The van der Waals surface area contributed by atoms with E-state index in [9.17, 15) is 23.1 Å². The predicted molar refractivity (Wildman–Crippen MR) is 77.0 cm³/mol. The van der Waals surface area contributed by atoms with E-state index < -0.39 is 36.2 Å². The van der Waals surface area contributed by atoms with Crippen LogP contribution in [0.25, 0.3) is 0 Å². The van der Waals surface area contributed by atoms with Gasteiger partial charge in [0.15, 0.2) is 6.10 Å². The molecule has 7 heteroatoms. The van der Waals surface area contributed by atoms with Crippen molar-refractivity contribution >= 4 is 5.91 Å². The summed E-state index contributed by atoms with van der Waals surface area (Å²) in [6.07, 6.45) is -7.22. The number of benzene rings is 1. The second-order valence-corrected chi connectivity index (χ2v) is 5.56. The van der Waals surface area contributed by atoms with E-state index >= 15 is 0 Å². The maximum absolute atomic E-state index is 12.6. The Labute approximate surface area is 127 Å². The second kappa shape index (κ2) is 7.60. The van der Waals surface area contributed by atoms with Crippen LogP contribution < -0.4 is 11.1 Å². The minimum Gasteiger partial charge on any atom is -0.382 e. The molecule has 0 saturated carbocycles. The van der Waals surface area contributed by atoms with Crippen molar-refractivity contribution in [3.63, 3.8) is 0 Å². The first-order valence-corrected chi connectivity index (χ1v) is 6.97. The fourth-order valence-electron chi connectivity index (χ4n) is 2.05. The summed E-state index contributed by atoms with van der Waals surface area (Å²) in [6, 6.07) is 6.51. The molecule has 4 N–H and O–H groups in total. The van der Waals surface area contributed by atoms with Crippen LogP contribution in [0, 0.1) is 5.92 Å². The number of rotatable bonds is 6. The van der Waals surface area contributed by atoms with Crippen LogP contribution in [-0.4, -0.2) is 35.4 Å². The number of alkyl halides is 3. The molecule has 0 bridgehead atoms. The Bertz CT molecular complexity index is 477. The third-order valence-electron chi connectivity index (χ3n) is 3.34. The number of carbonyl (C=O) groups excluding carboxylic acids is 1. The summed E-state index contributed by atoms with van der Waals surface area (Å²) >= 11 is 0. The SMILES string of the molecule is CC(C)[C@H](NC(=O)[C@@H](N)Cc1ccccc1)[C@H](O)C(F)(F)F. The Morgan fingerprint density at radius 1 is 1.27 bits per heavy atom. The molecule has 0 aliphatic carbocycles. The lowest BCUT2D eigenvalue weighted by molar-refractivity contribution is -0.215. The zero-order chi connectivity index (χ0) is 16.9. The van der Waals surface area contributed by atoms with E-state index in [0.717, 1.165) is 5.56 Å². The zero-order valence-corrected chi connectivity index (χ0v) is 12.5. The third kappa shape index (κ3) is 5.31.